The van der Waals surface area contributed by atoms with Crippen LogP contribution in [0.2, 0.25) is 0 Å². The van der Waals surface area contributed by atoms with Gasteiger partial charge in [0.1, 0.15) is 0 Å². The first-order chi connectivity index (χ1) is 6.72. The number of rotatable bonds is 1. The van der Waals surface area contributed by atoms with E-state index in [1.165, 1.54) is 0 Å². The molecule has 0 atom stereocenters. The van der Waals surface area contributed by atoms with Gasteiger partial charge in [-0.3, -0.25) is 4.98 Å². The van der Waals surface area contributed by atoms with Crippen molar-refractivity contribution in [2.75, 3.05) is 0 Å². The van der Waals surface area contributed by atoms with E-state index in [-0.39, 0.29) is 0 Å². The predicted molar refractivity (Wildman–Crippen MR) is 61.5 cm³/mol. The summed E-state index contributed by atoms with van der Waals surface area (Å²) >= 11 is 0. The summed E-state index contributed by atoms with van der Waals surface area (Å²) in [5, 5.41) is 17.4. The normalized spacial score (nSPS) is 7.64. The maximum Gasteiger partial charge on any atom is 0.490 e. The van der Waals surface area contributed by atoms with Gasteiger partial charge in [0, 0.05) is 17.4 Å². The van der Waals surface area contributed by atoms with Crippen LogP contribution in [-0.4, -0.2) is 22.2 Å². The molecule has 1 aromatic rings. The molecule has 2 N–H and O–H groups in total. The summed E-state index contributed by atoms with van der Waals surface area (Å²) in [6.45, 7) is 9.73. The summed E-state index contributed by atoms with van der Waals surface area (Å²) in [4.78, 5) is 3.88. The van der Waals surface area contributed by atoms with E-state index < -0.39 is 7.12 Å². The average Bonchev–Trinajstić information content (AvgIpc) is 2.24. The quantitative estimate of drug-likeness (QED) is 0.663. The summed E-state index contributed by atoms with van der Waals surface area (Å²) in [7, 11) is -1.41. The lowest BCUT2D eigenvalue weighted by Gasteiger charge is -2.00. The Balaban J connectivity index is 0. The Kier molecular flexibility index (Phi) is 11.4. The van der Waals surface area contributed by atoms with Gasteiger partial charge in [0.05, 0.1) is 0 Å². The molecule has 0 spiro atoms. The second-order valence-corrected chi connectivity index (χ2v) is 2.05. The van der Waals surface area contributed by atoms with Crippen LogP contribution in [0.5, 0.6) is 0 Å². The zero-order valence-corrected chi connectivity index (χ0v) is 9.65. The van der Waals surface area contributed by atoms with Crippen LogP contribution in [0.25, 0.3) is 0 Å². The molecule has 0 saturated heterocycles. The van der Waals surface area contributed by atoms with Crippen LogP contribution in [0, 0.1) is 6.92 Å². The van der Waals surface area contributed by atoms with E-state index in [0.29, 0.717) is 11.2 Å². The molecule has 0 bridgehead atoms. The van der Waals surface area contributed by atoms with Crippen molar-refractivity contribution in [3.05, 3.63) is 24.0 Å². The smallest absolute Gasteiger partial charge is 0.423 e. The Morgan fingerprint density at radius 3 is 1.93 bits per heavy atom. The summed E-state index contributed by atoms with van der Waals surface area (Å²) in [6, 6.07) is 3.30. The van der Waals surface area contributed by atoms with Gasteiger partial charge in [-0.25, -0.2) is 0 Å². The van der Waals surface area contributed by atoms with Crippen molar-refractivity contribution in [2.24, 2.45) is 0 Å². The van der Waals surface area contributed by atoms with Crippen molar-refractivity contribution < 1.29 is 10.0 Å². The predicted octanol–water partition coefficient (Wildman–Crippen LogP) is 1.12. The first kappa shape index (κ1) is 15.6. The summed E-state index contributed by atoms with van der Waals surface area (Å²) < 4.78 is 0. The number of aromatic nitrogens is 1. The van der Waals surface area contributed by atoms with Gasteiger partial charge in [-0.1, -0.05) is 33.8 Å². The van der Waals surface area contributed by atoms with Gasteiger partial charge in [0.25, 0.3) is 0 Å². The minimum atomic E-state index is -1.41. The lowest BCUT2D eigenvalue weighted by molar-refractivity contribution is 0.425. The van der Waals surface area contributed by atoms with Gasteiger partial charge in [-0.15, -0.1) is 0 Å². The molecule has 14 heavy (non-hydrogen) atoms. The molecule has 80 valence electrons. The highest BCUT2D eigenvalue weighted by atomic mass is 16.4. The lowest BCUT2D eigenvalue weighted by Crippen LogP contribution is -2.32. The summed E-state index contributed by atoms with van der Waals surface area (Å²) in [5.74, 6) is 0. The van der Waals surface area contributed by atoms with Crippen LogP contribution < -0.4 is 5.46 Å². The summed E-state index contributed by atoms with van der Waals surface area (Å²) in [5.41, 5.74) is 1.11. The highest BCUT2D eigenvalue weighted by Gasteiger charge is 2.12. The SMILES string of the molecule is CC.CC.Cc1ncccc1B(O)O. The Labute approximate surface area is 87.0 Å². The maximum absolute atomic E-state index is 8.72. The Hall–Kier alpha value is -0.865. The molecule has 0 aliphatic heterocycles. The van der Waals surface area contributed by atoms with Crippen LogP contribution in [-0.2, 0) is 0 Å². The molecular weight excluding hydrogens is 177 g/mol. The lowest BCUT2D eigenvalue weighted by atomic mass is 9.79. The third-order valence-electron chi connectivity index (χ3n) is 1.33. The van der Waals surface area contributed by atoms with Gasteiger partial charge >= 0.3 is 7.12 Å². The fraction of sp³-hybridized carbons (Fsp3) is 0.500. The fourth-order valence-corrected chi connectivity index (χ4v) is 0.770. The molecular formula is C10H20BNO2. The third-order valence-corrected chi connectivity index (χ3v) is 1.33. The van der Waals surface area contributed by atoms with Gasteiger partial charge in [0.2, 0.25) is 0 Å². The number of hydrogen-bond donors (Lipinski definition) is 2. The van der Waals surface area contributed by atoms with E-state index in [9.17, 15) is 0 Å². The zero-order valence-electron chi connectivity index (χ0n) is 9.65. The number of aryl methyl sites for hydroxylation is 1. The van der Waals surface area contributed by atoms with Gasteiger partial charge in [0.15, 0.2) is 0 Å². The molecule has 4 heteroatoms. The molecule has 1 rings (SSSR count). The van der Waals surface area contributed by atoms with Gasteiger partial charge < -0.3 is 10.0 Å². The molecule has 1 heterocycles. The Bertz CT molecular complexity index is 229. The molecule has 0 aliphatic carbocycles. The molecule has 0 unspecified atom stereocenters. The van der Waals surface area contributed by atoms with E-state index in [2.05, 4.69) is 4.98 Å². The van der Waals surface area contributed by atoms with Crippen molar-refractivity contribution in [1.29, 1.82) is 0 Å². The highest BCUT2D eigenvalue weighted by Crippen LogP contribution is 1.87. The van der Waals surface area contributed by atoms with E-state index in [0.717, 1.165) is 0 Å². The topological polar surface area (TPSA) is 53.4 Å². The molecule has 1 aromatic heterocycles. The summed E-state index contributed by atoms with van der Waals surface area (Å²) in [6.07, 6.45) is 1.61. The van der Waals surface area contributed by atoms with Crippen molar-refractivity contribution >= 4 is 12.6 Å². The van der Waals surface area contributed by atoms with Crippen molar-refractivity contribution in [3.8, 4) is 0 Å². The standard InChI is InChI=1S/C6H8BNO2.2C2H6/c1-5-6(7(9)10)3-2-4-8-5;2*1-2/h2-4,9-10H,1H3;2*1-2H3. The fourth-order valence-electron chi connectivity index (χ4n) is 0.770. The second kappa shape index (κ2) is 10.2. The van der Waals surface area contributed by atoms with E-state index in [1.807, 2.05) is 27.7 Å². The molecule has 0 radical (unpaired) electrons. The van der Waals surface area contributed by atoms with E-state index in [4.69, 9.17) is 10.0 Å². The molecule has 0 amide bonds. The van der Waals surface area contributed by atoms with Gasteiger partial charge in [-0.05, 0) is 13.0 Å². The second-order valence-electron chi connectivity index (χ2n) is 2.05. The minimum absolute atomic E-state index is 0.461. The average molecular weight is 197 g/mol. The zero-order chi connectivity index (χ0) is 11.6. The van der Waals surface area contributed by atoms with E-state index >= 15 is 0 Å². The Morgan fingerprint density at radius 1 is 1.14 bits per heavy atom. The van der Waals surface area contributed by atoms with Crippen molar-refractivity contribution in [2.45, 2.75) is 34.6 Å². The molecule has 3 nitrogen and oxygen atoms in total. The Morgan fingerprint density at radius 2 is 1.64 bits per heavy atom. The number of pyridine rings is 1. The first-order valence-corrected chi connectivity index (χ1v) is 4.99. The maximum atomic E-state index is 8.72. The van der Waals surface area contributed by atoms with Crippen LogP contribution in [0.15, 0.2) is 18.3 Å². The van der Waals surface area contributed by atoms with E-state index in [1.54, 1.807) is 25.3 Å². The van der Waals surface area contributed by atoms with Crippen molar-refractivity contribution in [1.82, 2.24) is 4.98 Å². The highest BCUT2D eigenvalue weighted by molar-refractivity contribution is 6.59. The van der Waals surface area contributed by atoms with Gasteiger partial charge in [-0.2, -0.15) is 0 Å². The van der Waals surface area contributed by atoms with Crippen molar-refractivity contribution in [3.63, 3.8) is 0 Å². The largest absolute Gasteiger partial charge is 0.490 e. The monoisotopic (exact) mass is 197 g/mol. The van der Waals surface area contributed by atoms with Crippen LogP contribution in [0.3, 0.4) is 0 Å². The van der Waals surface area contributed by atoms with Crippen LogP contribution in [0.4, 0.5) is 0 Å². The first-order valence-electron chi connectivity index (χ1n) is 4.99. The molecule has 0 saturated carbocycles. The third kappa shape index (κ3) is 5.72. The van der Waals surface area contributed by atoms with Crippen LogP contribution in [0.1, 0.15) is 33.4 Å². The molecule has 0 aromatic carbocycles. The molecule has 0 aliphatic rings. The molecule has 0 fully saturated rings. The van der Waals surface area contributed by atoms with Crippen LogP contribution >= 0.6 is 0 Å². The minimum Gasteiger partial charge on any atom is -0.423 e. The number of hydrogen-bond acceptors (Lipinski definition) is 3. The number of nitrogens with zero attached hydrogens (tertiary/aromatic N) is 1.